The molecule has 6 heteroatoms. The number of rotatable bonds is 4. The first-order chi connectivity index (χ1) is 9.96. The van der Waals surface area contributed by atoms with Crippen molar-refractivity contribution in [2.24, 2.45) is 5.73 Å². The van der Waals surface area contributed by atoms with Crippen LogP contribution >= 0.6 is 15.9 Å². The smallest absolute Gasteiger partial charge is 0.133 e. The summed E-state index contributed by atoms with van der Waals surface area (Å²) in [7, 11) is 3.01. The highest BCUT2D eigenvalue weighted by Crippen LogP contribution is 2.37. The van der Waals surface area contributed by atoms with E-state index in [9.17, 15) is 8.78 Å². The van der Waals surface area contributed by atoms with Crippen LogP contribution in [0.2, 0.25) is 0 Å². The third-order valence-electron chi connectivity index (χ3n) is 3.08. The molecule has 0 aliphatic rings. The molecule has 0 aliphatic carbocycles. The molecule has 0 aliphatic heterocycles. The molecular formula is C15H14BrF2NO2. The van der Waals surface area contributed by atoms with Gasteiger partial charge in [-0.15, -0.1) is 0 Å². The van der Waals surface area contributed by atoms with E-state index in [1.54, 1.807) is 12.1 Å². The van der Waals surface area contributed by atoms with E-state index in [0.717, 1.165) is 6.07 Å². The van der Waals surface area contributed by atoms with Crippen LogP contribution in [0.3, 0.4) is 0 Å². The van der Waals surface area contributed by atoms with E-state index in [-0.39, 0.29) is 0 Å². The Morgan fingerprint density at radius 1 is 0.952 bits per heavy atom. The average molecular weight is 358 g/mol. The number of methoxy groups -OCH3 is 2. The molecule has 2 aromatic rings. The third kappa shape index (κ3) is 3.33. The second kappa shape index (κ2) is 6.41. The van der Waals surface area contributed by atoms with Gasteiger partial charge in [0.15, 0.2) is 0 Å². The van der Waals surface area contributed by atoms with Crippen molar-refractivity contribution in [2.45, 2.75) is 6.04 Å². The van der Waals surface area contributed by atoms with E-state index in [4.69, 9.17) is 15.2 Å². The van der Waals surface area contributed by atoms with Crippen molar-refractivity contribution in [2.75, 3.05) is 14.2 Å². The van der Waals surface area contributed by atoms with Gasteiger partial charge in [0.1, 0.15) is 23.1 Å². The third-order valence-corrected chi connectivity index (χ3v) is 3.70. The van der Waals surface area contributed by atoms with Crippen molar-refractivity contribution in [3.05, 3.63) is 57.6 Å². The number of nitrogens with two attached hydrogens (primary N) is 1. The normalized spacial score (nSPS) is 12.1. The molecular weight excluding hydrogens is 344 g/mol. The molecule has 0 heterocycles. The molecule has 1 unspecified atom stereocenters. The van der Waals surface area contributed by atoms with E-state index in [1.807, 2.05) is 0 Å². The summed E-state index contributed by atoms with van der Waals surface area (Å²) in [4.78, 5) is 0. The Bertz CT molecular complexity index is 644. The molecule has 2 aromatic carbocycles. The van der Waals surface area contributed by atoms with Crippen LogP contribution in [0.5, 0.6) is 11.5 Å². The fourth-order valence-corrected chi connectivity index (χ4v) is 2.55. The minimum absolute atomic E-state index is 0.315. The van der Waals surface area contributed by atoms with E-state index < -0.39 is 17.7 Å². The van der Waals surface area contributed by atoms with Crippen LogP contribution in [-0.2, 0) is 0 Å². The van der Waals surface area contributed by atoms with Gasteiger partial charge in [-0.1, -0.05) is 0 Å². The van der Waals surface area contributed by atoms with Crippen molar-refractivity contribution >= 4 is 15.9 Å². The SMILES string of the molecule is COc1cc(C(N)c2cc(F)cc(F)c2)c(OC)cc1Br. The lowest BCUT2D eigenvalue weighted by Gasteiger charge is -2.18. The summed E-state index contributed by atoms with van der Waals surface area (Å²) in [6.07, 6.45) is 0. The number of benzene rings is 2. The lowest BCUT2D eigenvalue weighted by molar-refractivity contribution is 0.395. The lowest BCUT2D eigenvalue weighted by Crippen LogP contribution is -2.14. The monoisotopic (exact) mass is 357 g/mol. The molecule has 3 nitrogen and oxygen atoms in total. The first-order valence-electron chi connectivity index (χ1n) is 6.09. The fourth-order valence-electron chi connectivity index (χ4n) is 2.06. The number of hydrogen-bond donors (Lipinski definition) is 1. The first-order valence-corrected chi connectivity index (χ1v) is 6.88. The van der Waals surface area contributed by atoms with Crippen LogP contribution < -0.4 is 15.2 Å². The van der Waals surface area contributed by atoms with Crippen molar-refractivity contribution in [3.8, 4) is 11.5 Å². The maximum Gasteiger partial charge on any atom is 0.133 e. The Labute approximate surface area is 129 Å². The molecule has 0 fully saturated rings. The van der Waals surface area contributed by atoms with Gasteiger partial charge in [-0.25, -0.2) is 8.78 Å². The van der Waals surface area contributed by atoms with Crippen molar-refractivity contribution < 1.29 is 18.3 Å². The lowest BCUT2D eigenvalue weighted by atomic mass is 9.98. The summed E-state index contributed by atoms with van der Waals surface area (Å²) in [5.74, 6) is -0.301. The fraction of sp³-hybridized carbons (Fsp3) is 0.200. The Morgan fingerprint density at radius 3 is 2.05 bits per heavy atom. The predicted molar refractivity (Wildman–Crippen MR) is 79.6 cm³/mol. The van der Waals surface area contributed by atoms with E-state index in [2.05, 4.69) is 15.9 Å². The van der Waals surface area contributed by atoms with Gasteiger partial charge in [0.05, 0.1) is 24.7 Å². The quantitative estimate of drug-likeness (QED) is 0.905. The zero-order chi connectivity index (χ0) is 15.6. The van der Waals surface area contributed by atoms with Crippen LogP contribution in [0.1, 0.15) is 17.2 Å². The molecule has 2 rings (SSSR count). The van der Waals surface area contributed by atoms with Crippen molar-refractivity contribution in [1.29, 1.82) is 0 Å². The second-order valence-corrected chi connectivity index (χ2v) is 5.26. The molecule has 0 amide bonds. The Hall–Kier alpha value is -1.66. The Balaban J connectivity index is 2.53. The summed E-state index contributed by atoms with van der Waals surface area (Å²) in [5, 5.41) is 0. The van der Waals surface area contributed by atoms with Gasteiger partial charge < -0.3 is 15.2 Å². The minimum Gasteiger partial charge on any atom is -0.496 e. The molecule has 21 heavy (non-hydrogen) atoms. The van der Waals surface area contributed by atoms with Gasteiger partial charge in [0.2, 0.25) is 0 Å². The van der Waals surface area contributed by atoms with E-state index in [0.29, 0.717) is 27.1 Å². The van der Waals surface area contributed by atoms with Gasteiger partial charge in [0, 0.05) is 11.6 Å². The van der Waals surface area contributed by atoms with Crippen molar-refractivity contribution in [3.63, 3.8) is 0 Å². The highest BCUT2D eigenvalue weighted by atomic mass is 79.9. The van der Waals surface area contributed by atoms with Gasteiger partial charge in [-0.2, -0.15) is 0 Å². The zero-order valence-corrected chi connectivity index (χ0v) is 13.1. The molecule has 0 bridgehead atoms. The van der Waals surface area contributed by atoms with Gasteiger partial charge in [0.25, 0.3) is 0 Å². The average Bonchev–Trinajstić information content (AvgIpc) is 2.45. The molecule has 1 atom stereocenters. The first kappa shape index (κ1) is 15.7. The molecule has 0 aromatic heterocycles. The highest BCUT2D eigenvalue weighted by molar-refractivity contribution is 9.10. The van der Waals surface area contributed by atoms with Crippen LogP contribution in [0, 0.1) is 11.6 Å². The molecule has 0 saturated carbocycles. The zero-order valence-electron chi connectivity index (χ0n) is 11.5. The van der Waals surface area contributed by atoms with Crippen LogP contribution in [0.4, 0.5) is 8.78 Å². The summed E-state index contributed by atoms with van der Waals surface area (Å²) in [5.41, 5.74) is 7.01. The number of hydrogen-bond acceptors (Lipinski definition) is 3. The molecule has 112 valence electrons. The standard InChI is InChI=1S/C15H14BrF2NO2/c1-20-13-7-12(16)14(21-2)6-11(13)15(19)8-3-9(17)5-10(18)4-8/h3-7,15H,19H2,1-2H3. The summed E-state index contributed by atoms with van der Waals surface area (Å²) < 4.78 is 37.9. The van der Waals surface area contributed by atoms with Crippen LogP contribution in [0.25, 0.3) is 0 Å². The Kier molecular flexibility index (Phi) is 4.80. The summed E-state index contributed by atoms with van der Waals surface area (Å²) in [6.45, 7) is 0. The molecule has 0 radical (unpaired) electrons. The number of ether oxygens (including phenoxy) is 2. The van der Waals surface area contributed by atoms with Gasteiger partial charge in [-0.05, 0) is 45.8 Å². The molecule has 0 saturated heterocycles. The highest BCUT2D eigenvalue weighted by Gasteiger charge is 2.18. The maximum atomic E-state index is 13.3. The van der Waals surface area contributed by atoms with Crippen LogP contribution in [0.15, 0.2) is 34.8 Å². The molecule has 2 N–H and O–H groups in total. The second-order valence-electron chi connectivity index (χ2n) is 4.41. The van der Waals surface area contributed by atoms with E-state index >= 15 is 0 Å². The largest absolute Gasteiger partial charge is 0.496 e. The van der Waals surface area contributed by atoms with Crippen molar-refractivity contribution in [1.82, 2.24) is 0 Å². The maximum absolute atomic E-state index is 13.3. The molecule has 0 spiro atoms. The van der Waals surface area contributed by atoms with Gasteiger partial charge in [-0.3, -0.25) is 0 Å². The topological polar surface area (TPSA) is 44.5 Å². The summed E-state index contributed by atoms with van der Waals surface area (Å²) >= 11 is 3.35. The summed E-state index contributed by atoms with van der Waals surface area (Å²) in [6, 6.07) is 5.83. The van der Waals surface area contributed by atoms with E-state index in [1.165, 1.54) is 26.4 Å². The Morgan fingerprint density at radius 2 is 1.52 bits per heavy atom. The minimum atomic E-state index is -0.743. The predicted octanol–water partition coefficient (Wildman–Crippen LogP) is 3.79. The number of halogens is 3. The van der Waals surface area contributed by atoms with Crippen LogP contribution in [-0.4, -0.2) is 14.2 Å². The van der Waals surface area contributed by atoms with Gasteiger partial charge >= 0.3 is 0 Å².